The number of likely N-dealkylation sites (N-methyl/N-ethyl adjacent to an activating group) is 1. The second kappa shape index (κ2) is 3.51. The zero-order valence-electron chi connectivity index (χ0n) is 7.98. The summed E-state index contributed by atoms with van der Waals surface area (Å²) in [6.07, 6.45) is 1.45. The third kappa shape index (κ3) is 1.66. The van der Waals surface area contributed by atoms with Crippen LogP contribution in [0, 0.1) is 0 Å². The molecule has 0 aromatic carbocycles. The lowest BCUT2D eigenvalue weighted by Crippen LogP contribution is -2.32. The van der Waals surface area contributed by atoms with Gasteiger partial charge in [0.1, 0.15) is 12.4 Å². The molecule has 0 N–H and O–H groups in total. The van der Waals surface area contributed by atoms with E-state index in [1.807, 2.05) is 0 Å². The maximum atomic E-state index is 11.6. The molecule has 0 atom stereocenters. The van der Waals surface area contributed by atoms with Crippen molar-refractivity contribution in [3.05, 3.63) is 23.4 Å². The molecule has 6 heteroatoms. The average Bonchev–Trinajstić information content (AvgIpc) is 2.41. The van der Waals surface area contributed by atoms with Crippen LogP contribution in [0.15, 0.2) is 18.3 Å². The summed E-state index contributed by atoms with van der Waals surface area (Å²) >= 11 is 5.75. The molecule has 1 saturated heterocycles. The van der Waals surface area contributed by atoms with Gasteiger partial charge in [-0.2, -0.15) is 0 Å². The summed E-state index contributed by atoms with van der Waals surface area (Å²) in [4.78, 5) is 29.3. The number of hydrogen-bond acceptors (Lipinski definition) is 3. The molecule has 0 spiro atoms. The van der Waals surface area contributed by atoms with Crippen molar-refractivity contribution in [2.24, 2.45) is 0 Å². The first-order valence-electron chi connectivity index (χ1n) is 4.29. The highest BCUT2D eigenvalue weighted by Crippen LogP contribution is 2.20. The van der Waals surface area contributed by atoms with Gasteiger partial charge in [-0.1, -0.05) is 11.6 Å². The van der Waals surface area contributed by atoms with Crippen LogP contribution >= 0.6 is 11.6 Å². The van der Waals surface area contributed by atoms with E-state index in [4.69, 9.17) is 11.6 Å². The maximum Gasteiger partial charge on any atom is 0.332 e. The Kier molecular flexibility index (Phi) is 2.32. The monoisotopic (exact) mass is 225 g/mol. The number of urea groups is 1. The van der Waals surface area contributed by atoms with Crippen molar-refractivity contribution < 1.29 is 9.59 Å². The van der Waals surface area contributed by atoms with Gasteiger partial charge in [-0.25, -0.2) is 14.7 Å². The van der Waals surface area contributed by atoms with Gasteiger partial charge in [0.25, 0.3) is 5.91 Å². The van der Waals surface area contributed by atoms with E-state index in [9.17, 15) is 9.59 Å². The van der Waals surface area contributed by atoms with E-state index in [0.717, 1.165) is 4.90 Å². The molecule has 1 aliphatic heterocycles. The lowest BCUT2D eigenvalue weighted by atomic mass is 10.4. The fourth-order valence-electron chi connectivity index (χ4n) is 1.36. The Bertz CT molecular complexity index is 435. The highest BCUT2D eigenvalue weighted by Gasteiger charge is 2.35. The van der Waals surface area contributed by atoms with Crippen molar-refractivity contribution in [2.75, 3.05) is 18.5 Å². The maximum absolute atomic E-state index is 11.6. The third-order valence-electron chi connectivity index (χ3n) is 2.08. The Morgan fingerprint density at radius 3 is 2.73 bits per heavy atom. The Morgan fingerprint density at radius 2 is 2.20 bits per heavy atom. The molecule has 0 radical (unpaired) electrons. The number of imide groups is 1. The van der Waals surface area contributed by atoms with Crippen molar-refractivity contribution in [3.8, 4) is 0 Å². The Balaban J connectivity index is 2.39. The summed E-state index contributed by atoms with van der Waals surface area (Å²) in [6, 6.07) is 2.69. The summed E-state index contributed by atoms with van der Waals surface area (Å²) in [5.41, 5.74) is 0. The van der Waals surface area contributed by atoms with Crippen molar-refractivity contribution in [2.45, 2.75) is 0 Å². The molecule has 0 bridgehead atoms. The smallest absolute Gasteiger partial charge is 0.318 e. The van der Waals surface area contributed by atoms with Gasteiger partial charge in [0, 0.05) is 24.3 Å². The minimum Gasteiger partial charge on any atom is -0.318 e. The molecule has 1 aliphatic rings. The highest BCUT2D eigenvalue weighted by molar-refractivity contribution is 6.31. The number of rotatable bonds is 1. The van der Waals surface area contributed by atoms with Crippen molar-refractivity contribution >= 4 is 29.4 Å². The topological polar surface area (TPSA) is 53.5 Å². The van der Waals surface area contributed by atoms with Crippen molar-refractivity contribution in [3.63, 3.8) is 0 Å². The van der Waals surface area contributed by atoms with E-state index < -0.39 is 0 Å². The highest BCUT2D eigenvalue weighted by atomic mass is 35.5. The van der Waals surface area contributed by atoms with Crippen LogP contribution in [0.3, 0.4) is 0 Å². The van der Waals surface area contributed by atoms with Gasteiger partial charge in [0.15, 0.2) is 0 Å². The predicted octanol–water partition coefficient (Wildman–Crippen LogP) is 1.13. The number of amides is 3. The summed E-state index contributed by atoms with van der Waals surface area (Å²) in [7, 11) is 1.56. The number of hydrogen-bond donors (Lipinski definition) is 0. The van der Waals surface area contributed by atoms with E-state index in [2.05, 4.69) is 4.98 Å². The minimum absolute atomic E-state index is 0.0764. The molecule has 0 aliphatic carbocycles. The second-order valence-electron chi connectivity index (χ2n) is 3.20. The van der Waals surface area contributed by atoms with Gasteiger partial charge in [-0.3, -0.25) is 4.79 Å². The number of anilines is 1. The van der Waals surface area contributed by atoms with Crippen molar-refractivity contribution in [1.29, 1.82) is 0 Å². The fraction of sp³-hybridized carbons (Fsp3) is 0.222. The molecule has 5 nitrogen and oxygen atoms in total. The molecule has 0 unspecified atom stereocenters. The summed E-state index contributed by atoms with van der Waals surface area (Å²) in [6.45, 7) is 0.0764. The second-order valence-corrected chi connectivity index (χ2v) is 3.64. The van der Waals surface area contributed by atoms with Crippen molar-refractivity contribution in [1.82, 2.24) is 9.88 Å². The van der Waals surface area contributed by atoms with Crippen LogP contribution in [-0.2, 0) is 4.79 Å². The quantitative estimate of drug-likeness (QED) is 0.674. The van der Waals surface area contributed by atoms with Crippen LogP contribution in [0.1, 0.15) is 0 Å². The predicted molar refractivity (Wildman–Crippen MR) is 54.8 cm³/mol. The number of pyridine rings is 1. The van der Waals surface area contributed by atoms with Crippen LogP contribution in [-0.4, -0.2) is 35.4 Å². The van der Waals surface area contributed by atoms with Gasteiger partial charge in [0.05, 0.1) is 0 Å². The molecule has 78 valence electrons. The van der Waals surface area contributed by atoms with Crippen LogP contribution < -0.4 is 4.90 Å². The number of carbonyl (C=O) groups is 2. The lowest BCUT2D eigenvalue weighted by molar-refractivity contribution is -0.116. The SMILES string of the molecule is CN1CC(=O)N(c2cc(Cl)ccn2)C1=O. The summed E-state index contributed by atoms with van der Waals surface area (Å²) in [5.74, 6) is -0.0286. The molecule has 3 amide bonds. The zero-order valence-corrected chi connectivity index (χ0v) is 8.73. The van der Waals surface area contributed by atoms with Gasteiger partial charge in [0.2, 0.25) is 0 Å². The first kappa shape index (κ1) is 9.92. The molecule has 2 heterocycles. The minimum atomic E-state index is -0.380. The largest absolute Gasteiger partial charge is 0.332 e. The molecule has 1 aromatic rings. The normalized spacial score (nSPS) is 16.4. The first-order valence-corrected chi connectivity index (χ1v) is 4.67. The Labute approximate surface area is 91.3 Å². The Morgan fingerprint density at radius 1 is 1.47 bits per heavy atom. The number of carbonyl (C=O) groups excluding carboxylic acids is 2. The van der Waals surface area contributed by atoms with Crippen LogP contribution in [0.5, 0.6) is 0 Å². The van der Waals surface area contributed by atoms with E-state index in [0.29, 0.717) is 5.02 Å². The van der Waals surface area contributed by atoms with Crippen LogP contribution in [0.25, 0.3) is 0 Å². The number of halogens is 1. The van der Waals surface area contributed by atoms with E-state index >= 15 is 0 Å². The fourth-order valence-corrected chi connectivity index (χ4v) is 1.51. The van der Waals surface area contributed by atoms with Gasteiger partial charge in [-0.15, -0.1) is 0 Å². The Hall–Kier alpha value is -1.62. The first-order chi connectivity index (χ1) is 7.09. The van der Waals surface area contributed by atoms with Gasteiger partial charge in [-0.05, 0) is 6.07 Å². The molecule has 2 rings (SSSR count). The molecule has 0 saturated carbocycles. The molecule has 15 heavy (non-hydrogen) atoms. The molecule has 1 fully saturated rings. The van der Waals surface area contributed by atoms with E-state index in [1.165, 1.54) is 17.2 Å². The number of nitrogens with zero attached hydrogens (tertiary/aromatic N) is 3. The zero-order chi connectivity index (χ0) is 11.0. The third-order valence-corrected chi connectivity index (χ3v) is 2.31. The van der Waals surface area contributed by atoms with Crippen LogP contribution in [0.4, 0.5) is 10.6 Å². The molecular formula is C9H8ClN3O2. The van der Waals surface area contributed by atoms with E-state index in [-0.39, 0.29) is 24.3 Å². The lowest BCUT2D eigenvalue weighted by Gasteiger charge is -2.12. The van der Waals surface area contributed by atoms with Gasteiger partial charge < -0.3 is 4.90 Å². The average molecular weight is 226 g/mol. The van der Waals surface area contributed by atoms with E-state index in [1.54, 1.807) is 13.1 Å². The van der Waals surface area contributed by atoms with Crippen LogP contribution in [0.2, 0.25) is 5.02 Å². The molecule has 1 aromatic heterocycles. The molecular weight excluding hydrogens is 218 g/mol. The standard InChI is InChI=1S/C9H8ClN3O2/c1-12-5-8(14)13(9(12)15)7-4-6(10)2-3-11-7/h2-4H,5H2,1H3. The van der Waals surface area contributed by atoms with Gasteiger partial charge >= 0.3 is 6.03 Å². The summed E-state index contributed by atoms with van der Waals surface area (Å²) < 4.78 is 0. The summed E-state index contributed by atoms with van der Waals surface area (Å²) in [5, 5.41) is 0.440. The number of aromatic nitrogens is 1.